The fraction of sp³-hybridized carbons (Fsp3) is 0.900. The van der Waals surface area contributed by atoms with Gasteiger partial charge in [0, 0.05) is 12.2 Å². The van der Waals surface area contributed by atoms with Crippen LogP contribution in [-0.2, 0) is 4.79 Å². The molecule has 0 heterocycles. The van der Waals surface area contributed by atoms with E-state index >= 15 is 0 Å². The molecule has 3 N–H and O–H groups in total. The molecule has 0 aromatic rings. The van der Waals surface area contributed by atoms with E-state index in [0.29, 0.717) is 18.7 Å². The molecular formula is C10H21NO2S. The second kappa shape index (κ2) is 9.49. The van der Waals surface area contributed by atoms with Crippen LogP contribution in [0.15, 0.2) is 0 Å². The predicted molar refractivity (Wildman–Crippen MR) is 61.5 cm³/mol. The molecule has 0 saturated heterocycles. The topological polar surface area (TPSA) is 63.3 Å². The van der Waals surface area contributed by atoms with Gasteiger partial charge in [-0.2, -0.15) is 0 Å². The lowest BCUT2D eigenvalue weighted by atomic mass is 10.1. The van der Waals surface area contributed by atoms with Crippen LogP contribution in [0.3, 0.4) is 0 Å². The molecule has 14 heavy (non-hydrogen) atoms. The largest absolute Gasteiger partial charge is 0.396 e. The quantitative estimate of drug-likeness (QED) is 0.611. The van der Waals surface area contributed by atoms with Crippen LogP contribution in [0.2, 0.25) is 0 Å². The number of carbonyl (C=O) groups excluding carboxylic acids is 1. The third-order valence-corrected chi connectivity index (χ3v) is 3.29. The smallest absolute Gasteiger partial charge is 0.145 e. The molecule has 0 fully saturated rings. The van der Waals surface area contributed by atoms with Crippen molar-refractivity contribution in [1.82, 2.24) is 0 Å². The first kappa shape index (κ1) is 13.9. The average molecular weight is 219 g/mol. The second-order valence-corrected chi connectivity index (χ2v) is 4.54. The molecule has 0 aliphatic heterocycles. The van der Waals surface area contributed by atoms with Crippen molar-refractivity contribution in [3.05, 3.63) is 0 Å². The van der Waals surface area contributed by atoms with Gasteiger partial charge in [0.25, 0.3) is 0 Å². The molecule has 0 aliphatic rings. The van der Waals surface area contributed by atoms with Gasteiger partial charge in [0.05, 0.1) is 11.9 Å². The van der Waals surface area contributed by atoms with E-state index in [0.717, 1.165) is 19.3 Å². The van der Waals surface area contributed by atoms with E-state index in [-0.39, 0.29) is 17.6 Å². The van der Waals surface area contributed by atoms with E-state index in [1.165, 1.54) is 11.8 Å². The molecule has 1 unspecified atom stereocenters. The van der Waals surface area contributed by atoms with Crippen molar-refractivity contribution < 1.29 is 9.90 Å². The van der Waals surface area contributed by atoms with Gasteiger partial charge < -0.3 is 10.8 Å². The van der Waals surface area contributed by atoms with Crippen molar-refractivity contribution in [3.8, 4) is 0 Å². The molecule has 84 valence electrons. The molecule has 0 aromatic heterocycles. The van der Waals surface area contributed by atoms with Gasteiger partial charge in [-0.1, -0.05) is 13.3 Å². The first-order chi connectivity index (χ1) is 6.76. The Morgan fingerprint density at radius 1 is 1.57 bits per heavy atom. The number of unbranched alkanes of at least 4 members (excludes halogenated alkanes) is 1. The summed E-state index contributed by atoms with van der Waals surface area (Å²) in [7, 11) is 0. The maximum atomic E-state index is 11.6. The number of aliphatic hydroxyl groups excluding tert-OH is 1. The van der Waals surface area contributed by atoms with E-state index in [4.69, 9.17) is 10.8 Å². The number of thioether (sulfide) groups is 1. The Kier molecular flexibility index (Phi) is 9.45. The highest BCUT2D eigenvalue weighted by atomic mass is 32.2. The van der Waals surface area contributed by atoms with Crippen LogP contribution >= 0.6 is 11.8 Å². The van der Waals surface area contributed by atoms with Gasteiger partial charge in [0.15, 0.2) is 0 Å². The fourth-order valence-corrected chi connectivity index (χ4v) is 2.19. The highest BCUT2D eigenvalue weighted by molar-refractivity contribution is 8.00. The lowest BCUT2D eigenvalue weighted by Crippen LogP contribution is -2.21. The molecule has 0 bridgehead atoms. The summed E-state index contributed by atoms with van der Waals surface area (Å²) in [5.74, 6) is 0.915. The Bertz CT molecular complexity index is 153. The Balaban J connectivity index is 3.84. The van der Waals surface area contributed by atoms with Gasteiger partial charge in [-0.15, -0.1) is 11.8 Å². The standard InChI is InChI=1S/C10H21NO2S/c1-2-3-4-9(13)10(5-6-11)14-8-7-12/h10,12H,2-8,11H2,1H3. The SMILES string of the molecule is CCCCC(=O)C(CCN)SCCO. The third-order valence-electron chi connectivity index (χ3n) is 1.98. The number of carbonyl (C=O) groups is 1. The minimum Gasteiger partial charge on any atom is -0.396 e. The first-order valence-corrected chi connectivity index (χ1v) is 6.26. The molecule has 0 saturated carbocycles. The number of aliphatic hydroxyl groups is 1. The Labute approximate surface area is 90.4 Å². The van der Waals surface area contributed by atoms with E-state index in [1.807, 2.05) is 0 Å². The highest BCUT2D eigenvalue weighted by Gasteiger charge is 2.16. The summed E-state index contributed by atoms with van der Waals surface area (Å²) in [6.07, 6.45) is 3.39. The van der Waals surface area contributed by atoms with Gasteiger partial charge >= 0.3 is 0 Å². The average Bonchev–Trinajstić information content (AvgIpc) is 2.20. The zero-order valence-electron chi connectivity index (χ0n) is 8.87. The maximum absolute atomic E-state index is 11.6. The maximum Gasteiger partial charge on any atom is 0.145 e. The van der Waals surface area contributed by atoms with Gasteiger partial charge in [-0.25, -0.2) is 0 Å². The summed E-state index contributed by atoms with van der Waals surface area (Å²) in [6, 6.07) is 0. The summed E-state index contributed by atoms with van der Waals surface area (Å²) < 4.78 is 0. The van der Waals surface area contributed by atoms with Crippen LogP contribution in [0.5, 0.6) is 0 Å². The predicted octanol–water partition coefficient (Wildman–Crippen LogP) is 1.19. The lowest BCUT2D eigenvalue weighted by molar-refractivity contribution is -0.118. The number of rotatable bonds is 9. The van der Waals surface area contributed by atoms with Crippen molar-refractivity contribution in [1.29, 1.82) is 0 Å². The number of hydrogen-bond acceptors (Lipinski definition) is 4. The molecule has 0 spiro atoms. The fourth-order valence-electron chi connectivity index (χ4n) is 1.20. The summed E-state index contributed by atoms with van der Waals surface area (Å²) in [4.78, 5) is 11.6. The van der Waals surface area contributed by atoms with Crippen molar-refractivity contribution >= 4 is 17.5 Å². The van der Waals surface area contributed by atoms with Gasteiger partial charge in [0.2, 0.25) is 0 Å². The van der Waals surface area contributed by atoms with Crippen LogP contribution in [0.25, 0.3) is 0 Å². The van der Waals surface area contributed by atoms with Crippen LogP contribution < -0.4 is 5.73 Å². The van der Waals surface area contributed by atoms with Crippen LogP contribution in [-0.4, -0.2) is 35.0 Å². The van der Waals surface area contributed by atoms with E-state index in [9.17, 15) is 4.79 Å². The Hall–Kier alpha value is -0.0600. The lowest BCUT2D eigenvalue weighted by Gasteiger charge is -2.13. The van der Waals surface area contributed by atoms with Crippen molar-refractivity contribution in [3.63, 3.8) is 0 Å². The summed E-state index contributed by atoms with van der Waals surface area (Å²) >= 11 is 1.53. The molecule has 0 amide bonds. The van der Waals surface area contributed by atoms with Crippen LogP contribution in [0, 0.1) is 0 Å². The Morgan fingerprint density at radius 2 is 2.29 bits per heavy atom. The van der Waals surface area contributed by atoms with Crippen LogP contribution in [0.1, 0.15) is 32.6 Å². The van der Waals surface area contributed by atoms with Gasteiger partial charge in [-0.3, -0.25) is 4.79 Å². The molecule has 0 aliphatic carbocycles. The van der Waals surface area contributed by atoms with Crippen molar-refractivity contribution in [2.45, 2.75) is 37.9 Å². The Morgan fingerprint density at radius 3 is 2.79 bits per heavy atom. The van der Waals surface area contributed by atoms with Gasteiger partial charge in [-0.05, 0) is 19.4 Å². The van der Waals surface area contributed by atoms with E-state index in [2.05, 4.69) is 6.92 Å². The second-order valence-electron chi connectivity index (χ2n) is 3.23. The van der Waals surface area contributed by atoms with E-state index < -0.39 is 0 Å². The molecule has 0 radical (unpaired) electrons. The van der Waals surface area contributed by atoms with Gasteiger partial charge in [0.1, 0.15) is 5.78 Å². The number of nitrogens with two attached hydrogens (primary N) is 1. The molecular weight excluding hydrogens is 198 g/mol. The number of hydrogen-bond donors (Lipinski definition) is 2. The zero-order chi connectivity index (χ0) is 10.8. The molecule has 0 rings (SSSR count). The number of Topliss-reactive ketones (excluding diaryl/α,β-unsaturated/α-hetero) is 1. The molecule has 3 nitrogen and oxygen atoms in total. The monoisotopic (exact) mass is 219 g/mol. The van der Waals surface area contributed by atoms with Crippen molar-refractivity contribution in [2.24, 2.45) is 5.73 Å². The molecule has 1 atom stereocenters. The first-order valence-electron chi connectivity index (χ1n) is 5.21. The molecule has 4 heteroatoms. The third kappa shape index (κ3) is 6.40. The molecule has 0 aromatic carbocycles. The summed E-state index contributed by atoms with van der Waals surface area (Å²) in [5, 5.41) is 8.68. The summed E-state index contributed by atoms with van der Waals surface area (Å²) in [5.41, 5.74) is 5.44. The minimum absolute atomic E-state index is 0.00120. The van der Waals surface area contributed by atoms with E-state index in [1.54, 1.807) is 0 Å². The van der Waals surface area contributed by atoms with Crippen LogP contribution in [0.4, 0.5) is 0 Å². The minimum atomic E-state index is -0.00120. The van der Waals surface area contributed by atoms with Crippen molar-refractivity contribution in [2.75, 3.05) is 18.9 Å². The highest BCUT2D eigenvalue weighted by Crippen LogP contribution is 2.17. The summed E-state index contributed by atoms with van der Waals surface area (Å²) in [6.45, 7) is 2.75. The number of ketones is 1. The normalized spacial score (nSPS) is 12.8. The zero-order valence-corrected chi connectivity index (χ0v) is 9.68.